The molecule has 1 atom stereocenters. The van der Waals surface area contributed by atoms with E-state index in [1.54, 1.807) is 11.1 Å². The molecule has 0 spiro atoms. The Kier molecular flexibility index (Phi) is 5.92. The van der Waals surface area contributed by atoms with E-state index in [1.165, 1.54) is 4.40 Å². The number of nitrogens with zero attached hydrogens (tertiary/aromatic N) is 7. The highest BCUT2D eigenvalue weighted by Crippen LogP contribution is 2.25. The van der Waals surface area contributed by atoms with Gasteiger partial charge in [0.05, 0.1) is 16.9 Å². The molecule has 1 amide bonds. The molecule has 1 fully saturated rings. The minimum Gasteiger partial charge on any atom is -0.444 e. The van der Waals surface area contributed by atoms with Gasteiger partial charge in [-0.15, -0.1) is 0 Å². The van der Waals surface area contributed by atoms with Gasteiger partial charge in [-0.05, 0) is 78.3 Å². The number of hydrogen-bond donors (Lipinski definition) is 0. The van der Waals surface area contributed by atoms with Crippen LogP contribution in [-0.2, 0) is 4.74 Å². The highest BCUT2D eigenvalue weighted by molar-refractivity contribution is 5.70. The lowest BCUT2D eigenvalue weighted by Gasteiger charge is -2.41. The van der Waals surface area contributed by atoms with Gasteiger partial charge in [0.1, 0.15) is 11.2 Å². The molecule has 10 nitrogen and oxygen atoms in total. The highest BCUT2D eigenvalue weighted by atomic mass is 16.6. The van der Waals surface area contributed by atoms with Gasteiger partial charge in [0, 0.05) is 43.1 Å². The summed E-state index contributed by atoms with van der Waals surface area (Å²) in [7, 11) is 0. The summed E-state index contributed by atoms with van der Waals surface area (Å²) in [5.74, 6) is 0.393. The van der Waals surface area contributed by atoms with Crippen molar-refractivity contribution in [1.29, 1.82) is 0 Å². The van der Waals surface area contributed by atoms with E-state index in [0.29, 0.717) is 31.1 Å². The molecule has 1 aliphatic rings. The number of fused-ring (bicyclic) bond motifs is 2. The van der Waals surface area contributed by atoms with Crippen molar-refractivity contribution in [2.75, 3.05) is 24.5 Å². The van der Waals surface area contributed by atoms with Gasteiger partial charge in [0.2, 0.25) is 0 Å². The minimum absolute atomic E-state index is 0.0414. The molecule has 4 aromatic heterocycles. The van der Waals surface area contributed by atoms with Gasteiger partial charge in [-0.3, -0.25) is 0 Å². The Balaban J connectivity index is 1.45. The standard InChI is InChI=1S/C27H33N7O3/c1-16-10-22(31-8-9-32(19(4)14-31)26(36)37-27(5,6)7)15-33-24(16)28-23(29-25(33)35)20-12-18(3)34-21(13-20)11-17(2)30-34/h10-13,15,19H,8-9,14H2,1-7H3/t19-/m0/s1. The first-order chi connectivity index (χ1) is 17.4. The summed E-state index contributed by atoms with van der Waals surface area (Å²) < 4.78 is 8.94. The van der Waals surface area contributed by atoms with Crippen molar-refractivity contribution in [3.63, 3.8) is 0 Å². The van der Waals surface area contributed by atoms with Crippen molar-refractivity contribution in [2.24, 2.45) is 0 Å². The average Bonchev–Trinajstić information content (AvgIpc) is 3.19. The van der Waals surface area contributed by atoms with Crippen LogP contribution in [0.1, 0.15) is 44.6 Å². The van der Waals surface area contributed by atoms with E-state index in [-0.39, 0.29) is 17.8 Å². The topological polar surface area (TPSA) is 97.3 Å². The lowest BCUT2D eigenvalue weighted by atomic mass is 10.1. The lowest BCUT2D eigenvalue weighted by molar-refractivity contribution is 0.0159. The van der Waals surface area contributed by atoms with Crippen LogP contribution in [0.15, 0.2) is 35.3 Å². The zero-order valence-electron chi connectivity index (χ0n) is 22.4. The van der Waals surface area contributed by atoms with Crippen molar-refractivity contribution in [2.45, 2.75) is 60.1 Å². The Labute approximate surface area is 215 Å². The lowest BCUT2D eigenvalue weighted by Crippen LogP contribution is -2.55. The Bertz CT molecular complexity index is 1580. The summed E-state index contributed by atoms with van der Waals surface area (Å²) in [5, 5.41) is 4.49. The van der Waals surface area contributed by atoms with E-state index in [1.807, 2.05) is 77.2 Å². The highest BCUT2D eigenvalue weighted by Gasteiger charge is 2.31. The van der Waals surface area contributed by atoms with Gasteiger partial charge in [-0.1, -0.05) is 0 Å². The van der Waals surface area contributed by atoms with Gasteiger partial charge in [0.25, 0.3) is 0 Å². The number of carbonyl (C=O) groups excluding carboxylic acids is 1. The van der Waals surface area contributed by atoms with Gasteiger partial charge >= 0.3 is 11.8 Å². The average molecular weight is 504 g/mol. The molecule has 0 bridgehead atoms. The van der Waals surface area contributed by atoms with E-state index >= 15 is 0 Å². The molecule has 10 heteroatoms. The van der Waals surface area contributed by atoms with E-state index in [2.05, 4.69) is 15.0 Å². The number of aromatic nitrogens is 5. The molecule has 1 saturated heterocycles. The number of amides is 1. The molecule has 37 heavy (non-hydrogen) atoms. The number of hydrogen-bond acceptors (Lipinski definition) is 7. The summed E-state index contributed by atoms with van der Waals surface area (Å²) in [4.78, 5) is 38.8. The molecule has 0 unspecified atom stereocenters. The largest absolute Gasteiger partial charge is 0.444 e. The summed E-state index contributed by atoms with van der Waals surface area (Å²) in [5.41, 5.74) is 4.99. The fourth-order valence-electron chi connectivity index (χ4n) is 4.87. The van der Waals surface area contributed by atoms with E-state index in [4.69, 9.17) is 9.72 Å². The van der Waals surface area contributed by atoms with Crippen LogP contribution in [0.25, 0.3) is 22.6 Å². The van der Waals surface area contributed by atoms with Gasteiger partial charge in [-0.25, -0.2) is 23.5 Å². The predicted octanol–water partition coefficient (Wildman–Crippen LogP) is 3.78. The van der Waals surface area contributed by atoms with Gasteiger partial charge in [-0.2, -0.15) is 10.1 Å². The summed E-state index contributed by atoms with van der Waals surface area (Å²) in [6.07, 6.45) is 1.49. The molecule has 0 saturated carbocycles. The fraction of sp³-hybridized carbons (Fsp3) is 0.444. The summed E-state index contributed by atoms with van der Waals surface area (Å²) >= 11 is 0. The van der Waals surface area contributed by atoms with E-state index in [0.717, 1.165) is 33.7 Å². The molecular weight excluding hydrogens is 470 g/mol. The smallest absolute Gasteiger partial charge is 0.410 e. The van der Waals surface area contributed by atoms with Crippen molar-refractivity contribution in [1.82, 2.24) is 28.9 Å². The maximum absolute atomic E-state index is 13.2. The molecule has 5 heterocycles. The van der Waals surface area contributed by atoms with Crippen LogP contribution in [0.2, 0.25) is 0 Å². The second-order valence-corrected chi connectivity index (χ2v) is 10.9. The third-order valence-electron chi connectivity index (χ3n) is 6.57. The quantitative estimate of drug-likeness (QED) is 0.411. The molecule has 5 rings (SSSR count). The van der Waals surface area contributed by atoms with Crippen molar-refractivity contribution < 1.29 is 9.53 Å². The molecule has 0 aliphatic carbocycles. The third-order valence-corrected chi connectivity index (χ3v) is 6.57. The van der Waals surface area contributed by atoms with Crippen LogP contribution in [0.5, 0.6) is 0 Å². The number of piperazine rings is 1. The van der Waals surface area contributed by atoms with Crippen LogP contribution in [0.3, 0.4) is 0 Å². The number of pyridine rings is 2. The van der Waals surface area contributed by atoms with Crippen molar-refractivity contribution in [3.8, 4) is 11.4 Å². The molecule has 0 aromatic carbocycles. The van der Waals surface area contributed by atoms with Gasteiger partial charge in [0.15, 0.2) is 5.82 Å². The predicted molar refractivity (Wildman–Crippen MR) is 142 cm³/mol. The Morgan fingerprint density at radius 3 is 2.51 bits per heavy atom. The van der Waals surface area contributed by atoms with Crippen molar-refractivity contribution >= 4 is 22.9 Å². The zero-order chi connectivity index (χ0) is 26.6. The van der Waals surface area contributed by atoms with Gasteiger partial charge < -0.3 is 14.5 Å². The first-order valence-electron chi connectivity index (χ1n) is 12.5. The van der Waals surface area contributed by atoms with Crippen LogP contribution in [0.4, 0.5) is 10.5 Å². The summed E-state index contributed by atoms with van der Waals surface area (Å²) in [6, 6.07) is 7.88. The SMILES string of the molecule is Cc1cc2cc(-c3nc(=O)n4cc(N5CCN(C(=O)OC(C)(C)C)[C@@H](C)C5)cc(C)c4n3)cc(C)n2n1. The van der Waals surface area contributed by atoms with E-state index < -0.39 is 5.60 Å². The number of carbonyl (C=O) groups is 1. The Hall–Kier alpha value is -3.95. The molecule has 194 valence electrons. The Morgan fingerprint density at radius 1 is 1.05 bits per heavy atom. The fourth-order valence-corrected chi connectivity index (χ4v) is 4.87. The normalized spacial score (nSPS) is 16.6. The van der Waals surface area contributed by atoms with Crippen LogP contribution in [-0.4, -0.2) is 66.3 Å². The molecular formula is C27H33N7O3. The zero-order valence-corrected chi connectivity index (χ0v) is 22.4. The molecule has 1 aliphatic heterocycles. The second-order valence-electron chi connectivity index (χ2n) is 10.9. The minimum atomic E-state index is -0.536. The third kappa shape index (κ3) is 4.75. The van der Waals surface area contributed by atoms with Crippen LogP contribution >= 0.6 is 0 Å². The summed E-state index contributed by atoms with van der Waals surface area (Å²) in [6.45, 7) is 15.3. The number of aryl methyl sites for hydroxylation is 3. The number of rotatable bonds is 2. The maximum atomic E-state index is 13.2. The van der Waals surface area contributed by atoms with Crippen LogP contribution in [0, 0.1) is 20.8 Å². The van der Waals surface area contributed by atoms with Crippen LogP contribution < -0.4 is 10.6 Å². The first-order valence-corrected chi connectivity index (χ1v) is 12.5. The molecule has 4 aromatic rings. The van der Waals surface area contributed by atoms with Crippen molar-refractivity contribution in [3.05, 3.63) is 57.9 Å². The maximum Gasteiger partial charge on any atom is 0.410 e. The number of anilines is 1. The molecule has 0 N–H and O–H groups in total. The Morgan fingerprint density at radius 2 is 1.81 bits per heavy atom. The monoisotopic (exact) mass is 503 g/mol. The molecule has 0 radical (unpaired) electrons. The second kappa shape index (κ2) is 8.86. The number of ether oxygens (including phenoxy) is 1. The van der Waals surface area contributed by atoms with E-state index in [9.17, 15) is 9.59 Å². The first kappa shape index (κ1) is 24.7.